The van der Waals surface area contributed by atoms with Crippen LogP contribution in [-0.2, 0) is 28.4 Å². The number of ether oxygens (including phenoxy) is 7. The maximum Gasteiger partial charge on any atom is 0.119 e. The minimum Gasteiger partial charge on any atom is -0.491 e. The summed E-state index contributed by atoms with van der Waals surface area (Å²) < 4.78 is 37.5. The summed E-state index contributed by atoms with van der Waals surface area (Å²) in [5.41, 5.74) is 0. The van der Waals surface area contributed by atoms with Crippen LogP contribution in [0.25, 0.3) is 0 Å². The highest BCUT2D eigenvalue weighted by molar-refractivity contribution is 5.20. The molecule has 2 radical (unpaired) electrons. The van der Waals surface area contributed by atoms with E-state index in [1.165, 1.54) is 6.61 Å². The molecular weight excluding hydrogens is 380 g/mol. The van der Waals surface area contributed by atoms with Crippen molar-refractivity contribution in [2.45, 2.75) is 6.42 Å². The lowest BCUT2D eigenvalue weighted by Gasteiger charge is -2.08. The first-order valence-corrected chi connectivity index (χ1v) is 9.91. The molecular formula is C21H34O8. The molecule has 0 aliphatic rings. The molecule has 29 heavy (non-hydrogen) atoms. The monoisotopic (exact) mass is 414 g/mol. The van der Waals surface area contributed by atoms with Gasteiger partial charge in [-0.1, -0.05) is 18.2 Å². The predicted octanol–water partition coefficient (Wildman–Crippen LogP) is 2.25. The quantitative estimate of drug-likeness (QED) is 0.289. The Hall–Kier alpha value is -1.26. The second-order valence-corrected chi connectivity index (χ2v) is 5.73. The molecule has 1 aromatic carbocycles. The normalized spacial score (nSPS) is 11.1. The van der Waals surface area contributed by atoms with Crippen LogP contribution in [0.2, 0.25) is 0 Å². The molecule has 8 heteroatoms. The molecule has 0 saturated carbocycles. The zero-order valence-corrected chi connectivity index (χ0v) is 17.0. The molecule has 0 unspecified atom stereocenters. The van der Waals surface area contributed by atoms with Crippen LogP contribution >= 0.6 is 0 Å². The molecule has 8 nitrogen and oxygen atoms in total. The lowest BCUT2D eigenvalue weighted by Crippen LogP contribution is -2.14. The fraction of sp³-hybridized carbons (Fsp3) is 0.619. The Labute approximate surface area is 173 Å². The zero-order chi connectivity index (χ0) is 20.7. The molecule has 1 aromatic rings. The third-order valence-electron chi connectivity index (χ3n) is 3.44. The van der Waals surface area contributed by atoms with E-state index >= 15 is 0 Å². The first kappa shape index (κ1) is 25.8. The highest BCUT2D eigenvalue weighted by Crippen LogP contribution is 2.07. The van der Waals surface area contributed by atoms with Crippen LogP contribution in [0.15, 0.2) is 30.3 Å². The number of para-hydroxylation sites is 1. The number of benzene rings is 1. The smallest absolute Gasteiger partial charge is 0.119 e. The van der Waals surface area contributed by atoms with Crippen molar-refractivity contribution in [2.24, 2.45) is 0 Å². The van der Waals surface area contributed by atoms with Crippen molar-refractivity contribution in [2.75, 3.05) is 79.3 Å². The van der Waals surface area contributed by atoms with Gasteiger partial charge in [-0.15, -0.1) is 0 Å². The Morgan fingerprint density at radius 2 is 1.07 bits per heavy atom. The molecule has 0 aliphatic carbocycles. The lowest BCUT2D eigenvalue weighted by atomic mass is 10.3. The highest BCUT2D eigenvalue weighted by atomic mass is 16.6. The summed E-state index contributed by atoms with van der Waals surface area (Å²) in [5, 5.41) is 8.37. The zero-order valence-electron chi connectivity index (χ0n) is 17.0. The second kappa shape index (κ2) is 21.4. The van der Waals surface area contributed by atoms with Crippen LogP contribution < -0.4 is 4.74 Å². The minimum atomic E-state index is 0.516. The maximum absolute atomic E-state index is 8.37. The molecule has 0 fully saturated rings. The fourth-order valence-electron chi connectivity index (χ4n) is 2.07. The van der Waals surface area contributed by atoms with Gasteiger partial charge in [0.05, 0.1) is 59.5 Å². The summed E-state index contributed by atoms with van der Waals surface area (Å²) in [7, 11) is 0. The van der Waals surface area contributed by atoms with Crippen molar-refractivity contribution in [3.8, 4) is 5.75 Å². The first-order valence-electron chi connectivity index (χ1n) is 9.91. The van der Waals surface area contributed by atoms with Gasteiger partial charge in [0.1, 0.15) is 25.6 Å². The van der Waals surface area contributed by atoms with Crippen LogP contribution in [-0.4, -0.2) is 84.4 Å². The molecule has 0 bridgehead atoms. The third-order valence-corrected chi connectivity index (χ3v) is 3.44. The van der Waals surface area contributed by atoms with E-state index < -0.39 is 0 Å². The average molecular weight is 414 g/mol. The Balaban J connectivity index is 1.66. The SMILES string of the molecule is O[CH][CH]OCCCOCCOCCOCCOCCOCCOc1ccccc1. The van der Waals surface area contributed by atoms with Gasteiger partial charge in [-0.05, 0) is 18.6 Å². The van der Waals surface area contributed by atoms with Gasteiger partial charge >= 0.3 is 0 Å². The molecule has 0 spiro atoms. The molecule has 0 aromatic heterocycles. The summed E-state index contributed by atoms with van der Waals surface area (Å²) in [6, 6.07) is 9.66. The van der Waals surface area contributed by atoms with E-state index in [1.807, 2.05) is 30.3 Å². The summed E-state index contributed by atoms with van der Waals surface area (Å²) in [5.74, 6) is 0.847. The van der Waals surface area contributed by atoms with Crippen molar-refractivity contribution in [1.82, 2.24) is 0 Å². The summed E-state index contributed by atoms with van der Waals surface area (Å²) in [4.78, 5) is 0. The topological polar surface area (TPSA) is 84.8 Å². The molecule has 0 saturated heterocycles. The van der Waals surface area contributed by atoms with E-state index in [0.717, 1.165) is 18.8 Å². The van der Waals surface area contributed by atoms with Gasteiger partial charge in [0, 0.05) is 13.2 Å². The molecule has 1 rings (SSSR count). The largest absolute Gasteiger partial charge is 0.491 e. The molecule has 0 heterocycles. The Kier molecular flexibility index (Phi) is 19.1. The molecule has 166 valence electrons. The van der Waals surface area contributed by atoms with Gasteiger partial charge in [0.25, 0.3) is 0 Å². The Morgan fingerprint density at radius 3 is 1.59 bits per heavy atom. The van der Waals surface area contributed by atoms with Gasteiger partial charge in [-0.2, -0.15) is 0 Å². The van der Waals surface area contributed by atoms with Gasteiger partial charge in [-0.25, -0.2) is 0 Å². The fourth-order valence-corrected chi connectivity index (χ4v) is 2.07. The van der Waals surface area contributed by atoms with Crippen LogP contribution in [0.4, 0.5) is 0 Å². The average Bonchev–Trinajstić information content (AvgIpc) is 2.75. The van der Waals surface area contributed by atoms with E-state index in [4.69, 9.17) is 38.3 Å². The van der Waals surface area contributed by atoms with Gasteiger partial charge in [0.2, 0.25) is 0 Å². The highest BCUT2D eigenvalue weighted by Gasteiger charge is 1.95. The first-order chi connectivity index (χ1) is 14.4. The van der Waals surface area contributed by atoms with Crippen LogP contribution in [0.5, 0.6) is 5.75 Å². The van der Waals surface area contributed by atoms with Crippen LogP contribution in [0.1, 0.15) is 6.42 Å². The van der Waals surface area contributed by atoms with Crippen molar-refractivity contribution < 1.29 is 38.3 Å². The Morgan fingerprint density at radius 1 is 0.586 bits per heavy atom. The number of hydrogen-bond donors (Lipinski definition) is 1. The molecule has 0 aliphatic heterocycles. The van der Waals surface area contributed by atoms with E-state index in [9.17, 15) is 0 Å². The van der Waals surface area contributed by atoms with E-state index in [-0.39, 0.29) is 0 Å². The second-order valence-electron chi connectivity index (χ2n) is 5.73. The van der Waals surface area contributed by atoms with E-state index in [2.05, 4.69) is 0 Å². The minimum absolute atomic E-state index is 0.516. The van der Waals surface area contributed by atoms with Crippen molar-refractivity contribution >= 4 is 0 Å². The van der Waals surface area contributed by atoms with Crippen LogP contribution in [0, 0.1) is 13.2 Å². The van der Waals surface area contributed by atoms with E-state index in [1.54, 1.807) is 0 Å². The number of rotatable bonds is 22. The van der Waals surface area contributed by atoms with Crippen LogP contribution in [0.3, 0.4) is 0 Å². The summed E-state index contributed by atoms with van der Waals surface area (Å²) in [6.07, 6.45) is 0.764. The molecule has 0 atom stereocenters. The van der Waals surface area contributed by atoms with Crippen molar-refractivity contribution in [3.63, 3.8) is 0 Å². The summed E-state index contributed by atoms with van der Waals surface area (Å²) >= 11 is 0. The van der Waals surface area contributed by atoms with Crippen molar-refractivity contribution in [3.05, 3.63) is 43.5 Å². The van der Waals surface area contributed by atoms with Crippen molar-refractivity contribution in [1.29, 1.82) is 0 Å². The standard InChI is InChI=1S/C21H34O8/c22-7-10-23-8-4-9-24-11-12-25-13-14-26-15-16-27-17-18-28-19-20-29-21-5-2-1-3-6-21/h1-3,5-7,10,22H,4,8-9,11-20H2. The number of aliphatic hydroxyl groups excluding tert-OH is 1. The number of aliphatic hydroxyl groups is 1. The lowest BCUT2D eigenvalue weighted by molar-refractivity contribution is -0.0135. The van der Waals surface area contributed by atoms with Gasteiger partial charge in [-0.3, -0.25) is 0 Å². The van der Waals surface area contributed by atoms with Gasteiger partial charge < -0.3 is 38.3 Å². The maximum atomic E-state index is 8.37. The van der Waals surface area contributed by atoms with Gasteiger partial charge in [0.15, 0.2) is 0 Å². The van der Waals surface area contributed by atoms with E-state index in [0.29, 0.717) is 79.3 Å². The summed E-state index contributed by atoms with van der Waals surface area (Å²) in [6.45, 7) is 8.51. The molecule has 1 N–H and O–H groups in total. The third kappa shape index (κ3) is 18.5. The Bertz CT molecular complexity index is 432. The molecule has 0 amide bonds. The number of hydrogen-bond acceptors (Lipinski definition) is 8. The predicted molar refractivity (Wildman–Crippen MR) is 107 cm³/mol.